The van der Waals surface area contributed by atoms with Crippen LogP contribution >= 0.6 is 39.0 Å². The van der Waals surface area contributed by atoms with Crippen molar-refractivity contribution in [2.24, 2.45) is 0 Å². The van der Waals surface area contributed by atoms with Crippen molar-refractivity contribution < 1.29 is 9.53 Å². The third-order valence-corrected chi connectivity index (χ3v) is 5.54. The van der Waals surface area contributed by atoms with E-state index in [4.69, 9.17) is 4.74 Å². The minimum Gasteiger partial charge on any atom is -0.466 e. The summed E-state index contributed by atoms with van der Waals surface area (Å²) in [7, 11) is 0. The van der Waals surface area contributed by atoms with Crippen molar-refractivity contribution in [1.29, 1.82) is 0 Å². The molecule has 0 spiro atoms. The highest BCUT2D eigenvalue weighted by Crippen LogP contribution is 2.30. The first-order valence-electron chi connectivity index (χ1n) is 6.15. The zero-order valence-corrected chi connectivity index (χ0v) is 14.2. The Kier molecular flexibility index (Phi) is 6.06. The zero-order chi connectivity index (χ0) is 14.4. The van der Waals surface area contributed by atoms with Crippen molar-refractivity contribution in [2.75, 3.05) is 6.61 Å². The Balaban J connectivity index is 1.90. The number of thiazole rings is 1. The molecule has 0 radical (unpaired) electrons. The third kappa shape index (κ3) is 4.61. The molecule has 0 atom stereocenters. The molecule has 0 aliphatic rings. The van der Waals surface area contributed by atoms with Crippen molar-refractivity contribution in [3.8, 4) is 0 Å². The number of hydrogen-bond donors (Lipinski definition) is 0. The number of benzene rings is 1. The molecule has 2 aromatic rings. The second-order valence-corrected chi connectivity index (χ2v) is 6.75. The van der Waals surface area contributed by atoms with Crippen LogP contribution in [-0.4, -0.2) is 17.6 Å². The first-order chi connectivity index (χ1) is 9.69. The van der Waals surface area contributed by atoms with Crippen LogP contribution in [0.1, 0.15) is 17.6 Å². The fraction of sp³-hybridized carbons (Fsp3) is 0.286. The van der Waals surface area contributed by atoms with Gasteiger partial charge >= 0.3 is 5.97 Å². The lowest BCUT2D eigenvalue weighted by molar-refractivity contribution is -0.142. The number of ether oxygens (including phenoxy) is 1. The number of rotatable bonds is 6. The molecule has 1 aromatic carbocycles. The van der Waals surface area contributed by atoms with Gasteiger partial charge in [0.15, 0.2) is 0 Å². The Morgan fingerprint density at radius 1 is 1.45 bits per heavy atom. The van der Waals surface area contributed by atoms with Gasteiger partial charge in [-0.25, -0.2) is 4.98 Å². The number of carbonyl (C=O) groups excluding carboxylic acids is 1. The van der Waals surface area contributed by atoms with E-state index in [9.17, 15) is 4.79 Å². The van der Waals surface area contributed by atoms with E-state index in [0.717, 1.165) is 20.9 Å². The normalized spacial score (nSPS) is 10.5. The van der Waals surface area contributed by atoms with Crippen LogP contribution in [0.4, 0.5) is 0 Å². The Morgan fingerprint density at radius 3 is 3.00 bits per heavy atom. The smallest absolute Gasteiger partial charge is 0.311 e. The topological polar surface area (TPSA) is 39.2 Å². The quantitative estimate of drug-likeness (QED) is 0.560. The van der Waals surface area contributed by atoms with Crippen molar-refractivity contribution >= 4 is 45.0 Å². The van der Waals surface area contributed by atoms with Gasteiger partial charge in [0.05, 0.1) is 24.5 Å². The van der Waals surface area contributed by atoms with Gasteiger partial charge in [-0.3, -0.25) is 4.79 Å². The molecule has 0 saturated heterocycles. The molecule has 20 heavy (non-hydrogen) atoms. The summed E-state index contributed by atoms with van der Waals surface area (Å²) < 4.78 is 6.01. The van der Waals surface area contributed by atoms with Crippen LogP contribution in [0.3, 0.4) is 0 Å². The van der Waals surface area contributed by atoms with E-state index in [2.05, 4.69) is 27.0 Å². The van der Waals surface area contributed by atoms with Gasteiger partial charge in [-0.1, -0.05) is 12.1 Å². The standard InChI is InChI=1S/C14H14BrNO2S2/c1-2-18-14(17)7-10-8-20-13(16-10)9-19-12-6-4-3-5-11(12)15/h3-6,8H,2,7,9H2,1H3. The van der Waals surface area contributed by atoms with Gasteiger partial charge in [0.2, 0.25) is 0 Å². The van der Waals surface area contributed by atoms with E-state index in [1.165, 1.54) is 4.90 Å². The molecule has 0 aliphatic heterocycles. The van der Waals surface area contributed by atoms with Gasteiger partial charge in [0, 0.05) is 14.7 Å². The molecule has 1 heterocycles. The first kappa shape index (κ1) is 15.5. The summed E-state index contributed by atoms with van der Waals surface area (Å²) in [6.07, 6.45) is 0.254. The van der Waals surface area contributed by atoms with E-state index < -0.39 is 0 Å². The maximum atomic E-state index is 11.4. The number of carbonyl (C=O) groups is 1. The highest BCUT2D eigenvalue weighted by Gasteiger charge is 2.09. The molecular weight excluding hydrogens is 358 g/mol. The molecule has 6 heteroatoms. The van der Waals surface area contributed by atoms with E-state index in [-0.39, 0.29) is 12.4 Å². The van der Waals surface area contributed by atoms with Crippen molar-refractivity contribution in [3.05, 3.63) is 44.8 Å². The van der Waals surface area contributed by atoms with E-state index >= 15 is 0 Å². The van der Waals surface area contributed by atoms with Crippen molar-refractivity contribution in [3.63, 3.8) is 0 Å². The summed E-state index contributed by atoms with van der Waals surface area (Å²) in [4.78, 5) is 17.0. The van der Waals surface area contributed by atoms with Crippen LogP contribution in [0.2, 0.25) is 0 Å². The Morgan fingerprint density at radius 2 is 2.25 bits per heavy atom. The van der Waals surface area contributed by atoms with Gasteiger partial charge in [-0.15, -0.1) is 23.1 Å². The summed E-state index contributed by atoms with van der Waals surface area (Å²) in [6, 6.07) is 8.11. The molecule has 3 nitrogen and oxygen atoms in total. The minimum absolute atomic E-state index is 0.220. The lowest BCUT2D eigenvalue weighted by atomic mass is 10.3. The maximum Gasteiger partial charge on any atom is 0.311 e. The number of esters is 1. The molecular formula is C14H14BrNO2S2. The van der Waals surface area contributed by atoms with E-state index in [1.807, 2.05) is 23.6 Å². The van der Waals surface area contributed by atoms with Crippen LogP contribution < -0.4 is 0 Å². The van der Waals surface area contributed by atoms with E-state index in [1.54, 1.807) is 30.0 Å². The number of nitrogens with zero attached hydrogens (tertiary/aromatic N) is 1. The average Bonchev–Trinajstić information content (AvgIpc) is 2.85. The average molecular weight is 372 g/mol. The van der Waals surface area contributed by atoms with Gasteiger partial charge in [-0.2, -0.15) is 0 Å². The second kappa shape index (κ2) is 7.81. The fourth-order valence-electron chi connectivity index (χ4n) is 1.56. The number of hydrogen-bond acceptors (Lipinski definition) is 5. The lowest BCUT2D eigenvalue weighted by Gasteiger charge is -2.01. The molecule has 0 aliphatic carbocycles. The molecule has 0 amide bonds. The maximum absolute atomic E-state index is 11.4. The molecule has 0 saturated carbocycles. The number of thioether (sulfide) groups is 1. The van der Waals surface area contributed by atoms with Gasteiger partial charge < -0.3 is 4.74 Å². The predicted molar refractivity (Wildman–Crippen MR) is 86.2 cm³/mol. The largest absolute Gasteiger partial charge is 0.466 e. The van der Waals surface area contributed by atoms with Gasteiger partial charge in [0.25, 0.3) is 0 Å². The summed E-state index contributed by atoms with van der Waals surface area (Å²) in [5.41, 5.74) is 0.788. The molecule has 0 N–H and O–H groups in total. The Hall–Kier alpha value is -0.850. The van der Waals surface area contributed by atoms with Crippen molar-refractivity contribution in [1.82, 2.24) is 4.98 Å². The Bertz CT molecular complexity index is 586. The van der Waals surface area contributed by atoms with Crippen LogP contribution in [0.15, 0.2) is 39.0 Å². The first-order valence-corrected chi connectivity index (χ1v) is 8.81. The van der Waals surface area contributed by atoms with Crippen LogP contribution in [-0.2, 0) is 21.7 Å². The lowest BCUT2D eigenvalue weighted by Crippen LogP contribution is -2.07. The monoisotopic (exact) mass is 371 g/mol. The molecule has 0 unspecified atom stereocenters. The predicted octanol–water partition coefficient (Wildman–Crippen LogP) is 4.30. The fourth-order valence-corrected chi connectivity index (χ4v) is 3.94. The minimum atomic E-state index is -0.220. The van der Waals surface area contributed by atoms with Crippen LogP contribution in [0, 0.1) is 0 Å². The zero-order valence-electron chi connectivity index (χ0n) is 11.0. The Labute approximate surface area is 134 Å². The van der Waals surface area contributed by atoms with Gasteiger partial charge in [0.1, 0.15) is 5.01 Å². The SMILES string of the molecule is CCOC(=O)Cc1csc(CSc2ccccc2Br)n1. The summed E-state index contributed by atoms with van der Waals surface area (Å²) in [5.74, 6) is 0.582. The summed E-state index contributed by atoms with van der Waals surface area (Å²) >= 11 is 6.83. The van der Waals surface area contributed by atoms with Crippen LogP contribution in [0.5, 0.6) is 0 Å². The van der Waals surface area contributed by atoms with E-state index in [0.29, 0.717) is 6.61 Å². The second-order valence-electron chi connectivity index (χ2n) is 3.93. The van der Waals surface area contributed by atoms with Gasteiger partial charge in [-0.05, 0) is 35.0 Å². The third-order valence-electron chi connectivity index (χ3n) is 2.42. The number of aromatic nitrogens is 1. The summed E-state index contributed by atoms with van der Waals surface area (Å²) in [6.45, 7) is 2.21. The summed E-state index contributed by atoms with van der Waals surface area (Å²) in [5, 5.41) is 2.94. The van der Waals surface area contributed by atoms with Crippen LogP contribution in [0.25, 0.3) is 0 Å². The molecule has 0 bridgehead atoms. The molecule has 0 fully saturated rings. The number of halogens is 1. The molecule has 106 valence electrons. The van der Waals surface area contributed by atoms with Crippen molar-refractivity contribution in [2.45, 2.75) is 24.0 Å². The highest BCUT2D eigenvalue weighted by molar-refractivity contribution is 9.10. The molecule has 1 aromatic heterocycles. The highest BCUT2D eigenvalue weighted by atomic mass is 79.9. The molecule has 2 rings (SSSR count).